The summed E-state index contributed by atoms with van der Waals surface area (Å²) in [5, 5.41) is 3.63. The number of nitrogens with zero attached hydrogens (tertiary/aromatic N) is 1. The predicted molar refractivity (Wildman–Crippen MR) is 81.6 cm³/mol. The van der Waals surface area contributed by atoms with Crippen molar-refractivity contribution in [3.8, 4) is 0 Å². The maximum absolute atomic E-state index is 12.2. The van der Waals surface area contributed by atoms with Crippen LogP contribution in [0.1, 0.15) is 30.8 Å². The number of pyridine rings is 1. The SMILES string of the molecule is CC[C@H](C)[C@@H](NC(=O)c1ccc2ccccc2n1)C(N)=O. The number of hydrogen-bond acceptors (Lipinski definition) is 3. The van der Waals surface area contributed by atoms with E-state index >= 15 is 0 Å². The molecule has 0 saturated heterocycles. The second-order valence-electron chi connectivity index (χ2n) is 5.13. The standard InChI is InChI=1S/C16H19N3O2/c1-3-10(2)14(15(17)20)19-16(21)13-9-8-11-6-4-5-7-12(11)18-13/h4-10,14H,3H2,1-2H3,(H2,17,20)(H,19,21)/t10-,14+/m0/s1. The van der Waals surface area contributed by atoms with E-state index in [-0.39, 0.29) is 17.5 Å². The Morgan fingerprint density at radius 3 is 2.62 bits per heavy atom. The van der Waals surface area contributed by atoms with Crippen molar-refractivity contribution in [2.45, 2.75) is 26.3 Å². The first-order valence-corrected chi connectivity index (χ1v) is 6.99. The van der Waals surface area contributed by atoms with E-state index in [1.54, 1.807) is 6.07 Å². The number of carbonyl (C=O) groups excluding carboxylic acids is 2. The van der Waals surface area contributed by atoms with Crippen molar-refractivity contribution in [3.63, 3.8) is 0 Å². The van der Waals surface area contributed by atoms with Crippen LogP contribution in [0.2, 0.25) is 0 Å². The summed E-state index contributed by atoms with van der Waals surface area (Å²) in [6, 6.07) is 10.3. The summed E-state index contributed by atoms with van der Waals surface area (Å²) in [5.74, 6) is -0.935. The van der Waals surface area contributed by atoms with Gasteiger partial charge in [0.1, 0.15) is 11.7 Å². The molecule has 0 bridgehead atoms. The zero-order chi connectivity index (χ0) is 15.4. The van der Waals surface area contributed by atoms with E-state index < -0.39 is 11.9 Å². The number of benzene rings is 1. The van der Waals surface area contributed by atoms with Gasteiger partial charge in [0, 0.05) is 5.39 Å². The van der Waals surface area contributed by atoms with E-state index in [0.29, 0.717) is 0 Å². The lowest BCUT2D eigenvalue weighted by atomic mass is 9.98. The monoisotopic (exact) mass is 285 g/mol. The molecular weight excluding hydrogens is 266 g/mol. The second-order valence-corrected chi connectivity index (χ2v) is 5.13. The second kappa shape index (κ2) is 6.35. The fourth-order valence-corrected chi connectivity index (χ4v) is 2.14. The molecule has 0 aliphatic heterocycles. The van der Waals surface area contributed by atoms with Crippen molar-refractivity contribution in [1.82, 2.24) is 10.3 Å². The van der Waals surface area contributed by atoms with Gasteiger partial charge in [-0.3, -0.25) is 9.59 Å². The normalized spacial score (nSPS) is 13.6. The zero-order valence-electron chi connectivity index (χ0n) is 12.2. The quantitative estimate of drug-likeness (QED) is 0.879. The third kappa shape index (κ3) is 3.37. The number of rotatable bonds is 5. The van der Waals surface area contributed by atoms with Crippen LogP contribution in [0, 0.1) is 5.92 Å². The molecule has 1 aromatic heterocycles. The van der Waals surface area contributed by atoms with Crippen LogP contribution in [0.4, 0.5) is 0 Å². The molecule has 2 atom stereocenters. The molecule has 21 heavy (non-hydrogen) atoms. The Hall–Kier alpha value is -2.43. The first kappa shape index (κ1) is 15.0. The van der Waals surface area contributed by atoms with E-state index in [1.165, 1.54) is 0 Å². The Balaban J connectivity index is 2.23. The van der Waals surface area contributed by atoms with Gasteiger partial charge in [-0.05, 0) is 18.1 Å². The van der Waals surface area contributed by atoms with Gasteiger partial charge >= 0.3 is 0 Å². The van der Waals surface area contributed by atoms with Crippen LogP contribution in [0.5, 0.6) is 0 Å². The van der Waals surface area contributed by atoms with Crippen LogP contribution in [-0.2, 0) is 4.79 Å². The topological polar surface area (TPSA) is 85.1 Å². The minimum absolute atomic E-state index is 0.0214. The van der Waals surface area contributed by atoms with E-state index in [2.05, 4.69) is 10.3 Å². The van der Waals surface area contributed by atoms with Crippen LogP contribution in [-0.4, -0.2) is 22.8 Å². The molecule has 1 heterocycles. The molecule has 2 rings (SSSR count). The Bertz CT molecular complexity index is 669. The van der Waals surface area contributed by atoms with Crippen molar-refractivity contribution >= 4 is 22.7 Å². The molecule has 0 saturated carbocycles. The van der Waals surface area contributed by atoms with Crippen molar-refractivity contribution in [2.24, 2.45) is 11.7 Å². The highest BCUT2D eigenvalue weighted by Gasteiger charge is 2.24. The van der Waals surface area contributed by atoms with Gasteiger partial charge in [-0.15, -0.1) is 0 Å². The van der Waals surface area contributed by atoms with Crippen molar-refractivity contribution < 1.29 is 9.59 Å². The van der Waals surface area contributed by atoms with Gasteiger partial charge in [0.15, 0.2) is 0 Å². The molecule has 0 aliphatic rings. The third-order valence-corrected chi connectivity index (χ3v) is 3.64. The van der Waals surface area contributed by atoms with Crippen LogP contribution in [0.15, 0.2) is 36.4 Å². The number of primary amides is 1. The first-order valence-electron chi connectivity index (χ1n) is 6.99. The number of hydrogen-bond donors (Lipinski definition) is 2. The Morgan fingerprint density at radius 2 is 1.95 bits per heavy atom. The number of aromatic nitrogens is 1. The lowest BCUT2D eigenvalue weighted by molar-refractivity contribution is -0.120. The lowest BCUT2D eigenvalue weighted by Gasteiger charge is -2.20. The Labute approximate surface area is 123 Å². The molecule has 5 nitrogen and oxygen atoms in total. The molecule has 0 radical (unpaired) electrons. The Morgan fingerprint density at radius 1 is 1.24 bits per heavy atom. The third-order valence-electron chi connectivity index (χ3n) is 3.64. The molecule has 3 N–H and O–H groups in total. The molecule has 0 unspecified atom stereocenters. The number of carbonyl (C=O) groups is 2. The van der Waals surface area contributed by atoms with Crippen LogP contribution in [0.25, 0.3) is 10.9 Å². The largest absolute Gasteiger partial charge is 0.368 e. The molecular formula is C16H19N3O2. The van der Waals surface area contributed by atoms with Crippen LogP contribution in [0.3, 0.4) is 0 Å². The smallest absolute Gasteiger partial charge is 0.270 e. The summed E-state index contributed by atoms with van der Waals surface area (Å²) >= 11 is 0. The fraction of sp³-hybridized carbons (Fsp3) is 0.312. The van der Waals surface area contributed by atoms with Crippen LogP contribution >= 0.6 is 0 Å². The maximum Gasteiger partial charge on any atom is 0.270 e. The number of para-hydroxylation sites is 1. The van der Waals surface area contributed by atoms with E-state index in [9.17, 15) is 9.59 Å². The highest BCUT2D eigenvalue weighted by Crippen LogP contribution is 2.13. The molecule has 2 aromatic rings. The molecule has 5 heteroatoms. The summed E-state index contributed by atoms with van der Waals surface area (Å²) in [7, 11) is 0. The highest BCUT2D eigenvalue weighted by molar-refractivity contribution is 5.97. The molecule has 2 amide bonds. The number of nitrogens with one attached hydrogen (secondary N) is 1. The van der Waals surface area contributed by atoms with Crippen molar-refractivity contribution in [3.05, 3.63) is 42.1 Å². The van der Waals surface area contributed by atoms with E-state index in [0.717, 1.165) is 17.3 Å². The summed E-state index contributed by atoms with van der Waals surface area (Å²) in [5.41, 5.74) is 6.38. The van der Waals surface area contributed by atoms with Gasteiger partial charge in [-0.25, -0.2) is 4.98 Å². The van der Waals surface area contributed by atoms with Crippen molar-refractivity contribution in [2.75, 3.05) is 0 Å². The fourth-order valence-electron chi connectivity index (χ4n) is 2.14. The maximum atomic E-state index is 12.2. The molecule has 0 spiro atoms. The molecule has 1 aromatic carbocycles. The zero-order valence-corrected chi connectivity index (χ0v) is 12.2. The Kier molecular flexibility index (Phi) is 4.52. The summed E-state index contributed by atoms with van der Waals surface area (Å²) in [6.07, 6.45) is 0.749. The lowest BCUT2D eigenvalue weighted by Crippen LogP contribution is -2.48. The summed E-state index contributed by atoms with van der Waals surface area (Å²) < 4.78 is 0. The minimum Gasteiger partial charge on any atom is -0.368 e. The van der Waals surface area contributed by atoms with E-state index in [1.807, 2.05) is 44.2 Å². The average molecular weight is 285 g/mol. The minimum atomic E-state index is -0.684. The van der Waals surface area contributed by atoms with Crippen molar-refractivity contribution in [1.29, 1.82) is 0 Å². The highest BCUT2D eigenvalue weighted by atomic mass is 16.2. The first-order chi connectivity index (χ1) is 10.0. The van der Waals surface area contributed by atoms with E-state index in [4.69, 9.17) is 5.73 Å². The van der Waals surface area contributed by atoms with Gasteiger partial charge in [0.2, 0.25) is 5.91 Å². The number of fused-ring (bicyclic) bond motifs is 1. The molecule has 110 valence electrons. The number of nitrogens with two attached hydrogens (primary N) is 1. The van der Waals surface area contributed by atoms with Crippen LogP contribution < -0.4 is 11.1 Å². The molecule has 0 aliphatic carbocycles. The molecule has 0 fully saturated rings. The van der Waals surface area contributed by atoms with Gasteiger partial charge in [0.25, 0.3) is 5.91 Å². The summed E-state index contributed by atoms with van der Waals surface area (Å²) in [6.45, 7) is 3.82. The van der Waals surface area contributed by atoms with Gasteiger partial charge in [0.05, 0.1) is 5.52 Å². The van der Waals surface area contributed by atoms with Gasteiger partial charge < -0.3 is 11.1 Å². The predicted octanol–water partition coefficient (Wildman–Crippen LogP) is 1.86. The van der Waals surface area contributed by atoms with Gasteiger partial charge in [-0.1, -0.05) is 44.5 Å². The number of amides is 2. The summed E-state index contributed by atoms with van der Waals surface area (Å²) in [4.78, 5) is 28.0. The van der Waals surface area contributed by atoms with Gasteiger partial charge in [-0.2, -0.15) is 0 Å². The average Bonchev–Trinajstić information content (AvgIpc) is 2.50.